The Kier molecular flexibility index (Phi) is 8.55. The molecule has 264 valence electrons. The van der Waals surface area contributed by atoms with Crippen LogP contribution in [0.15, 0.2) is 231 Å². The Labute approximate surface area is 327 Å². The summed E-state index contributed by atoms with van der Waals surface area (Å²) in [6, 6.07) is 83.1. The van der Waals surface area contributed by atoms with Crippen LogP contribution in [0.5, 0.6) is 0 Å². The first kappa shape index (κ1) is 33.2. The second-order valence-corrected chi connectivity index (χ2v) is 14.1. The number of benzene rings is 9. The fourth-order valence-electron chi connectivity index (χ4n) is 8.14. The molecule has 10 aromatic rings. The zero-order valence-corrected chi connectivity index (χ0v) is 30.8. The van der Waals surface area contributed by atoms with Gasteiger partial charge in [-0.15, -0.1) is 0 Å². The summed E-state index contributed by atoms with van der Waals surface area (Å²) in [5.74, 6) is 0. The van der Waals surface area contributed by atoms with Crippen LogP contribution in [0.1, 0.15) is 0 Å². The molecule has 2 nitrogen and oxygen atoms in total. The zero-order chi connectivity index (χ0) is 37.3. The summed E-state index contributed by atoms with van der Waals surface area (Å²) in [6.45, 7) is 0. The number of nitrogens with zero attached hydrogens (tertiary/aromatic N) is 2. The topological polar surface area (TPSA) is 8.17 Å². The summed E-state index contributed by atoms with van der Waals surface area (Å²) in [5.41, 5.74) is 16.3. The number of rotatable bonds is 8. The Balaban J connectivity index is 1.18. The van der Waals surface area contributed by atoms with E-state index < -0.39 is 0 Å². The smallest absolute Gasteiger partial charge is 0.0562 e. The highest BCUT2D eigenvalue weighted by molar-refractivity contribution is 6.11. The third-order valence-electron chi connectivity index (χ3n) is 10.8. The van der Waals surface area contributed by atoms with Crippen LogP contribution in [0.4, 0.5) is 17.1 Å². The SMILES string of the molecule is c1ccc(-c2ccc(-c3ccc(-n4c5ccccc5c5ccc(N(c6ccccc6)c6ccccc6-c6ccccc6)cc54)c(-c4ccccc4)c3)cc2)cc1. The van der Waals surface area contributed by atoms with E-state index in [2.05, 4.69) is 240 Å². The monoisotopic (exact) mass is 714 g/mol. The highest BCUT2D eigenvalue weighted by atomic mass is 15.1. The predicted octanol–water partition coefficient (Wildman–Crippen LogP) is 14.9. The van der Waals surface area contributed by atoms with Crippen molar-refractivity contribution in [3.63, 3.8) is 0 Å². The zero-order valence-electron chi connectivity index (χ0n) is 30.8. The van der Waals surface area contributed by atoms with Gasteiger partial charge in [0, 0.05) is 33.3 Å². The molecular formula is C54H38N2. The van der Waals surface area contributed by atoms with E-state index in [9.17, 15) is 0 Å². The number of para-hydroxylation sites is 3. The number of hydrogen-bond acceptors (Lipinski definition) is 1. The molecule has 1 aromatic heterocycles. The first-order valence-corrected chi connectivity index (χ1v) is 19.2. The van der Waals surface area contributed by atoms with Gasteiger partial charge in [0.25, 0.3) is 0 Å². The molecule has 9 aromatic carbocycles. The summed E-state index contributed by atoms with van der Waals surface area (Å²) in [4.78, 5) is 2.39. The maximum Gasteiger partial charge on any atom is 0.0562 e. The predicted molar refractivity (Wildman–Crippen MR) is 237 cm³/mol. The Morgan fingerprint density at radius 3 is 1.48 bits per heavy atom. The minimum absolute atomic E-state index is 1.09. The van der Waals surface area contributed by atoms with Crippen LogP contribution in [-0.4, -0.2) is 4.57 Å². The van der Waals surface area contributed by atoms with Crippen molar-refractivity contribution in [2.45, 2.75) is 0 Å². The molecule has 10 rings (SSSR count). The lowest BCUT2D eigenvalue weighted by Crippen LogP contribution is -2.11. The minimum Gasteiger partial charge on any atom is -0.310 e. The molecule has 56 heavy (non-hydrogen) atoms. The van der Waals surface area contributed by atoms with Crippen molar-refractivity contribution in [1.29, 1.82) is 0 Å². The molecule has 0 saturated heterocycles. The molecular weight excluding hydrogens is 677 g/mol. The van der Waals surface area contributed by atoms with Gasteiger partial charge >= 0.3 is 0 Å². The molecule has 0 saturated carbocycles. The third kappa shape index (κ3) is 6.04. The van der Waals surface area contributed by atoms with Crippen molar-refractivity contribution in [2.24, 2.45) is 0 Å². The van der Waals surface area contributed by atoms with E-state index in [0.717, 1.165) is 28.3 Å². The fraction of sp³-hybridized carbons (Fsp3) is 0. The van der Waals surface area contributed by atoms with Gasteiger partial charge in [-0.3, -0.25) is 0 Å². The van der Waals surface area contributed by atoms with Crippen molar-refractivity contribution >= 4 is 38.9 Å². The first-order valence-electron chi connectivity index (χ1n) is 19.2. The average molecular weight is 715 g/mol. The molecule has 0 spiro atoms. The van der Waals surface area contributed by atoms with Gasteiger partial charge in [0.15, 0.2) is 0 Å². The minimum atomic E-state index is 1.09. The lowest BCUT2D eigenvalue weighted by molar-refractivity contribution is 1.18. The van der Waals surface area contributed by atoms with Gasteiger partial charge in [0.1, 0.15) is 0 Å². The molecule has 0 unspecified atom stereocenters. The molecule has 1 heterocycles. The van der Waals surface area contributed by atoms with E-state index in [1.807, 2.05) is 0 Å². The van der Waals surface area contributed by atoms with E-state index in [0.29, 0.717) is 0 Å². The van der Waals surface area contributed by atoms with E-state index in [1.54, 1.807) is 0 Å². The molecule has 0 atom stereocenters. The van der Waals surface area contributed by atoms with E-state index >= 15 is 0 Å². The van der Waals surface area contributed by atoms with Crippen LogP contribution < -0.4 is 4.90 Å². The Morgan fingerprint density at radius 2 is 0.786 bits per heavy atom. The lowest BCUT2D eigenvalue weighted by Gasteiger charge is -2.28. The Bertz CT molecular complexity index is 2930. The van der Waals surface area contributed by atoms with Crippen LogP contribution in [0.2, 0.25) is 0 Å². The average Bonchev–Trinajstić information content (AvgIpc) is 3.61. The molecule has 0 bridgehead atoms. The standard InChI is InChI=1S/C54H38N2/c1-5-17-39(18-6-1)40-29-31-41(32-30-40)44-33-36-53(50(37-44)43-21-9-3-10-22-43)56-52-28-16-14-26-48(52)49-35-34-46(38-54(49)56)55(45-23-11-4-12-24-45)51-27-15-13-25-47(51)42-19-7-2-8-20-42/h1-38H. The summed E-state index contributed by atoms with van der Waals surface area (Å²) >= 11 is 0. The van der Waals surface area contributed by atoms with Crippen molar-refractivity contribution < 1.29 is 0 Å². The second-order valence-electron chi connectivity index (χ2n) is 14.1. The first-order chi connectivity index (χ1) is 27.8. The molecule has 0 aliphatic carbocycles. The highest BCUT2D eigenvalue weighted by Crippen LogP contribution is 2.44. The third-order valence-corrected chi connectivity index (χ3v) is 10.8. The molecule has 0 fully saturated rings. The number of fused-ring (bicyclic) bond motifs is 3. The van der Waals surface area contributed by atoms with Crippen LogP contribution in [-0.2, 0) is 0 Å². The Morgan fingerprint density at radius 1 is 0.286 bits per heavy atom. The maximum atomic E-state index is 2.46. The van der Waals surface area contributed by atoms with Crippen molar-refractivity contribution in [3.8, 4) is 50.2 Å². The van der Waals surface area contributed by atoms with Gasteiger partial charge in [0.2, 0.25) is 0 Å². The quantitative estimate of drug-likeness (QED) is 0.152. The van der Waals surface area contributed by atoms with Crippen molar-refractivity contribution in [3.05, 3.63) is 231 Å². The number of anilines is 3. The molecule has 0 amide bonds. The maximum absolute atomic E-state index is 2.46. The van der Waals surface area contributed by atoms with Crippen LogP contribution in [0.3, 0.4) is 0 Å². The summed E-state index contributed by atoms with van der Waals surface area (Å²) < 4.78 is 2.46. The number of hydrogen-bond donors (Lipinski definition) is 0. The molecule has 0 aliphatic rings. The second kappa shape index (κ2) is 14.4. The number of aromatic nitrogens is 1. The summed E-state index contributed by atoms with van der Waals surface area (Å²) in [6.07, 6.45) is 0. The lowest BCUT2D eigenvalue weighted by atomic mass is 9.95. The van der Waals surface area contributed by atoms with Crippen LogP contribution >= 0.6 is 0 Å². The largest absolute Gasteiger partial charge is 0.310 e. The molecule has 0 N–H and O–H groups in total. The molecule has 0 radical (unpaired) electrons. The highest BCUT2D eigenvalue weighted by Gasteiger charge is 2.21. The van der Waals surface area contributed by atoms with E-state index in [1.165, 1.54) is 60.8 Å². The molecule has 0 aliphatic heterocycles. The van der Waals surface area contributed by atoms with Gasteiger partial charge < -0.3 is 9.47 Å². The van der Waals surface area contributed by atoms with E-state index in [4.69, 9.17) is 0 Å². The van der Waals surface area contributed by atoms with Gasteiger partial charge in [0.05, 0.1) is 22.4 Å². The summed E-state index contributed by atoms with van der Waals surface area (Å²) in [7, 11) is 0. The van der Waals surface area contributed by atoms with Gasteiger partial charge in [-0.05, 0) is 81.9 Å². The fourth-order valence-corrected chi connectivity index (χ4v) is 8.14. The Hall–Kier alpha value is -7.42. The normalized spacial score (nSPS) is 11.2. The van der Waals surface area contributed by atoms with Gasteiger partial charge in [-0.2, -0.15) is 0 Å². The van der Waals surface area contributed by atoms with Crippen LogP contribution in [0, 0.1) is 0 Å². The van der Waals surface area contributed by atoms with E-state index in [-0.39, 0.29) is 0 Å². The molecule has 2 heteroatoms. The summed E-state index contributed by atoms with van der Waals surface area (Å²) in [5, 5.41) is 2.44. The van der Waals surface area contributed by atoms with Crippen molar-refractivity contribution in [1.82, 2.24) is 4.57 Å². The van der Waals surface area contributed by atoms with Crippen LogP contribution in [0.25, 0.3) is 72.0 Å². The van der Waals surface area contributed by atoms with Gasteiger partial charge in [-0.1, -0.05) is 182 Å². The van der Waals surface area contributed by atoms with Crippen molar-refractivity contribution in [2.75, 3.05) is 4.90 Å². The van der Waals surface area contributed by atoms with Gasteiger partial charge in [-0.25, -0.2) is 0 Å².